The zero-order valence-electron chi connectivity index (χ0n) is 13.1. The average molecular weight is 350 g/mol. The summed E-state index contributed by atoms with van der Waals surface area (Å²) in [7, 11) is -3.30. The second-order valence-electron chi connectivity index (χ2n) is 4.73. The molecule has 0 atom stereocenters. The van der Waals surface area contributed by atoms with Crippen molar-refractivity contribution in [1.82, 2.24) is 10.2 Å². The lowest BCUT2D eigenvalue weighted by molar-refractivity contribution is 0.0949. The van der Waals surface area contributed by atoms with E-state index in [4.69, 9.17) is 0 Å². The van der Waals surface area contributed by atoms with Gasteiger partial charge in [0, 0.05) is 24.3 Å². The van der Waals surface area contributed by atoms with E-state index >= 15 is 0 Å². The molecule has 0 aliphatic heterocycles. The monoisotopic (exact) mass is 349 g/mol. The van der Waals surface area contributed by atoms with Gasteiger partial charge in [0.25, 0.3) is 5.91 Å². The second-order valence-corrected chi connectivity index (χ2v) is 6.48. The Balaban J connectivity index is 0.00000441. The van der Waals surface area contributed by atoms with Gasteiger partial charge in [0.05, 0.1) is 6.26 Å². The molecule has 1 aromatic rings. The van der Waals surface area contributed by atoms with Crippen LogP contribution in [0.4, 0.5) is 5.69 Å². The number of anilines is 1. The van der Waals surface area contributed by atoms with Crippen LogP contribution in [0.3, 0.4) is 0 Å². The lowest BCUT2D eigenvalue weighted by Crippen LogP contribution is -2.34. The van der Waals surface area contributed by atoms with E-state index < -0.39 is 10.0 Å². The molecular weight excluding hydrogens is 326 g/mol. The average Bonchev–Trinajstić information content (AvgIpc) is 2.42. The molecule has 0 bridgehead atoms. The van der Waals surface area contributed by atoms with Crippen molar-refractivity contribution in [2.24, 2.45) is 0 Å². The van der Waals surface area contributed by atoms with E-state index in [1.54, 1.807) is 24.3 Å². The molecule has 0 unspecified atom stereocenters. The van der Waals surface area contributed by atoms with Crippen molar-refractivity contribution in [1.29, 1.82) is 0 Å². The first-order valence-electron chi connectivity index (χ1n) is 6.94. The highest BCUT2D eigenvalue weighted by atomic mass is 35.5. The number of nitrogens with zero attached hydrogens (tertiary/aromatic N) is 1. The van der Waals surface area contributed by atoms with E-state index in [1.807, 2.05) is 0 Å². The normalized spacial score (nSPS) is 10.9. The summed E-state index contributed by atoms with van der Waals surface area (Å²) < 4.78 is 24.5. The van der Waals surface area contributed by atoms with E-state index in [0.717, 1.165) is 25.9 Å². The predicted octanol–water partition coefficient (Wildman–Crippen LogP) is 1.55. The molecule has 126 valence electrons. The van der Waals surface area contributed by atoms with Gasteiger partial charge in [0.15, 0.2) is 0 Å². The maximum absolute atomic E-state index is 11.9. The molecule has 1 aromatic carbocycles. The van der Waals surface area contributed by atoms with Crippen LogP contribution in [0, 0.1) is 0 Å². The molecular formula is C14H24ClN3O3S. The summed E-state index contributed by atoms with van der Waals surface area (Å²) in [5.74, 6) is -0.159. The van der Waals surface area contributed by atoms with Crippen LogP contribution in [-0.4, -0.2) is 51.7 Å². The van der Waals surface area contributed by atoms with Gasteiger partial charge in [-0.1, -0.05) is 13.8 Å². The first-order chi connectivity index (χ1) is 9.85. The summed E-state index contributed by atoms with van der Waals surface area (Å²) in [5.41, 5.74) is 0.950. The summed E-state index contributed by atoms with van der Waals surface area (Å²) in [4.78, 5) is 14.2. The summed E-state index contributed by atoms with van der Waals surface area (Å²) in [6.07, 6.45) is 1.08. The molecule has 0 aliphatic carbocycles. The van der Waals surface area contributed by atoms with Crippen molar-refractivity contribution in [3.63, 3.8) is 0 Å². The Morgan fingerprint density at radius 3 is 2.14 bits per heavy atom. The van der Waals surface area contributed by atoms with Gasteiger partial charge < -0.3 is 10.2 Å². The summed E-state index contributed by atoms with van der Waals surface area (Å²) in [6.45, 7) is 7.48. The van der Waals surface area contributed by atoms with Gasteiger partial charge in [-0.2, -0.15) is 0 Å². The minimum Gasteiger partial charge on any atom is -0.351 e. The highest BCUT2D eigenvalue weighted by Crippen LogP contribution is 2.10. The maximum atomic E-state index is 11.9. The molecule has 22 heavy (non-hydrogen) atoms. The van der Waals surface area contributed by atoms with Gasteiger partial charge in [0.1, 0.15) is 0 Å². The van der Waals surface area contributed by atoms with Gasteiger partial charge in [-0.05, 0) is 37.4 Å². The third-order valence-electron chi connectivity index (χ3n) is 3.06. The fourth-order valence-corrected chi connectivity index (χ4v) is 2.44. The summed E-state index contributed by atoms with van der Waals surface area (Å²) >= 11 is 0. The number of hydrogen-bond donors (Lipinski definition) is 2. The van der Waals surface area contributed by atoms with Crippen molar-refractivity contribution in [2.75, 3.05) is 37.2 Å². The van der Waals surface area contributed by atoms with Gasteiger partial charge in [-0.3, -0.25) is 9.52 Å². The van der Waals surface area contributed by atoms with E-state index in [1.165, 1.54) is 0 Å². The van der Waals surface area contributed by atoms with Crippen LogP contribution in [0.1, 0.15) is 24.2 Å². The third-order valence-corrected chi connectivity index (χ3v) is 3.66. The molecule has 0 heterocycles. The molecule has 0 saturated carbocycles. The quantitative estimate of drug-likeness (QED) is 0.746. The zero-order valence-corrected chi connectivity index (χ0v) is 14.8. The Bertz CT molecular complexity index is 557. The highest BCUT2D eigenvalue weighted by molar-refractivity contribution is 7.92. The number of carbonyl (C=O) groups excluding carboxylic acids is 1. The molecule has 0 spiro atoms. The highest BCUT2D eigenvalue weighted by Gasteiger charge is 2.07. The van der Waals surface area contributed by atoms with Crippen molar-refractivity contribution >= 4 is 34.0 Å². The molecule has 8 heteroatoms. The molecule has 6 nitrogen and oxygen atoms in total. The first kappa shape index (κ1) is 20.7. The fourth-order valence-electron chi connectivity index (χ4n) is 1.87. The minimum absolute atomic E-state index is 0. The Morgan fingerprint density at radius 1 is 1.14 bits per heavy atom. The largest absolute Gasteiger partial charge is 0.351 e. The first-order valence-corrected chi connectivity index (χ1v) is 8.83. The Labute approximate surface area is 138 Å². The smallest absolute Gasteiger partial charge is 0.251 e. The number of benzene rings is 1. The third kappa shape index (κ3) is 7.63. The van der Waals surface area contributed by atoms with Gasteiger partial charge in [0.2, 0.25) is 10.0 Å². The number of hydrogen-bond acceptors (Lipinski definition) is 4. The van der Waals surface area contributed by atoms with Crippen LogP contribution < -0.4 is 10.0 Å². The van der Waals surface area contributed by atoms with Gasteiger partial charge in [-0.15, -0.1) is 12.4 Å². The van der Waals surface area contributed by atoms with Crippen LogP contribution in [0.25, 0.3) is 0 Å². The van der Waals surface area contributed by atoms with E-state index in [-0.39, 0.29) is 18.3 Å². The van der Waals surface area contributed by atoms with Crippen LogP contribution >= 0.6 is 12.4 Å². The number of halogens is 1. The van der Waals surface area contributed by atoms with Crippen molar-refractivity contribution in [3.8, 4) is 0 Å². The number of rotatable bonds is 8. The second kappa shape index (κ2) is 9.66. The lowest BCUT2D eigenvalue weighted by atomic mass is 10.2. The Hall–Kier alpha value is -1.31. The standard InChI is InChI=1S/C14H23N3O3S.ClH/c1-4-17(5-2)11-10-15-14(18)12-6-8-13(9-7-12)16-21(3,19)20;/h6-9,16H,4-5,10-11H2,1-3H3,(H,15,18);1H. The molecule has 1 amide bonds. The number of amides is 1. The van der Waals surface area contributed by atoms with Crippen LogP contribution in [0.5, 0.6) is 0 Å². The van der Waals surface area contributed by atoms with Gasteiger partial charge >= 0.3 is 0 Å². The Morgan fingerprint density at radius 2 is 1.68 bits per heavy atom. The maximum Gasteiger partial charge on any atom is 0.251 e. The van der Waals surface area contributed by atoms with E-state index in [2.05, 4.69) is 28.8 Å². The summed E-state index contributed by atoms with van der Waals surface area (Å²) in [6, 6.07) is 6.33. The summed E-state index contributed by atoms with van der Waals surface area (Å²) in [5, 5.41) is 2.85. The SMILES string of the molecule is CCN(CC)CCNC(=O)c1ccc(NS(C)(=O)=O)cc1.Cl. The molecule has 0 fully saturated rings. The molecule has 1 rings (SSSR count). The van der Waals surface area contributed by atoms with Crippen molar-refractivity contribution in [3.05, 3.63) is 29.8 Å². The predicted molar refractivity (Wildman–Crippen MR) is 92.3 cm³/mol. The molecule has 0 saturated heterocycles. The molecule has 0 radical (unpaired) electrons. The van der Waals surface area contributed by atoms with Crippen molar-refractivity contribution < 1.29 is 13.2 Å². The minimum atomic E-state index is -3.30. The number of sulfonamides is 1. The zero-order chi connectivity index (χ0) is 15.9. The van der Waals surface area contributed by atoms with E-state index in [0.29, 0.717) is 17.8 Å². The van der Waals surface area contributed by atoms with Crippen LogP contribution in [0.15, 0.2) is 24.3 Å². The molecule has 0 aliphatic rings. The molecule has 2 N–H and O–H groups in total. The topological polar surface area (TPSA) is 78.5 Å². The lowest BCUT2D eigenvalue weighted by Gasteiger charge is -2.17. The fraction of sp³-hybridized carbons (Fsp3) is 0.500. The van der Waals surface area contributed by atoms with Crippen LogP contribution in [-0.2, 0) is 10.0 Å². The number of nitrogens with one attached hydrogen (secondary N) is 2. The number of carbonyl (C=O) groups is 1. The van der Waals surface area contributed by atoms with Crippen LogP contribution in [0.2, 0.25) is 0 Å². The van der Waals surface area contributed by atoms with Crippen molar-refractivity contribution in [2.45, 2.75) is 13.8 Å². The number of likely N-dealkylation sites (N-methyl/N-ethyl adjacent to an activating group) is 1. The van der Waals surface area contributed by atoms with E-state index in [9.17, 15) is 13.2 Å². The van der Waals surface area contributed by atoms with Gasteiger partial charge in [-0.25, -0.2) is 8.42 Å². The Kier molecular flexibility index (Phi) is 9.08. The molecule has 0 aromatic heterocycles.